The average Bonchev–Trinajstić information content (AvgIpc) is 2.82. The summed E-state index contributed by atoms with van der Waals surface area (Å²) in [6.07, 6.45) is 11.3. The summed E-state index contributed by atoms with van der Waals surface area (Å²) < 4.78 is 1.71. The van der Waals surface area contributed by atoms with E-state index in [0.717, 1.165) is 30.3 Å². The van der Waals surface area contributed by atoms with Gasteiger partial charge in [0.05, 0.1) is 23.5 Å². The smallest absolute Gasteiger partial charge is 0.169 e. The fourth-order valence-electron chi connectivity index (χ4n) is 2.92. The topological polar surface area (TPSA) is 47.3 Å². The van der Waals surface area contributed by atoms with Crippen LogP contribution < -0.4 is 0 Å². The molecule has 1 saturated carbocycles. The zero-order valence-corrected chi connectivity index (χ0v) is 10.5. The van der Waals surface area contributed by atoms with Crippen molar-refractivity contribution in [2.75, 3.05) is 0 Å². The van der Waals surface area contributed by atoms with E-state index in [2.05, 4.69) is 17.0 Å². The maximum atomic E-state index is 12.5. The summed E-state index contributed by atoms with van der Waals surface area (Å²) in [6.45, 7) is 2.23. The van der Waals surface area contributed by atoms with Gasteiger partial charge in [0.15, 0.2) is 5.78 Å². The van der Waals surface area contributed by atoms with Crippen LogP contribution in [0.2, 0.25) is 0 Å². The molecule has 1 aliphatic rings. The zero-order valence-electron chi connectivity index (χ0n) is 10.5. The van der Waals surface area contributed by atoms with Gasteiger partial charge in [-0.2, -0.15) is 5.10 Å². The molecule has 0 aliphatic heterocycles. The van der Waals surface area contributed by atoms with Gasteiger partial charge in [0.2, 0.25) is 0 Å². The van der Waals surface area contributed by atoms with Crippen molar-refractivity contribution in [3.63, 3.8) is 0 Å². The Labute approximate surface area is 106 Å². The Morgan fingerprint density at radius 1 is 1.39 bits per heavy atom. The minimum absolute atomic E-state index is 0.168. The summed E-state index contributed by atoms with van der Waals surface area (Å²) >= 11 is 0. The van der Waals surface area contributed by atoms with Gasteiger partial charge in [-0.05, 0) is 18.8 Å². The molecule has 0 bridgehead atoms. The Hall–Kier alpha value is -1.71. The molecule has 1 aliphatic carbocycles. The van der Waals surface area contributed by atoms with Gasteiger partial charge in [0.25, 0.3) is 0 Å². The van der Waals surface area contributed by atoms with Gasteiger partial charge >= 0.3 is 0 Å². The van der Waals surface area contributed by atoms with Crippen molar-refractivity contribution in [1.29, 1.82) is 0 Å². The Kier molecular flexibility index (Phi) is 2.86. The summed E-state index contributed by atoms with van der Waals surface area (Å²) in [4.78, 5) is 16.6. The van der Waals surface area contributed by atoms with Gasteiger partial charge < -0.3 is 0 Å². The molecule has 0 aromatic carbocycles. The van der Waals surface area contributed by atoms with Gasteiger partial charge in [0.1, 0.15) is 0 Å². The van der Waals surface area contributed by atoms with Gasteiger partial charge in [-0.1, -0.05) is 19.8 Å². The van der Waals surface area contributed by atoms with Crippen LogP contribution in [0.5, 0.6) is 0 Å². The summed E-state index contributed by atoms with van der Waals surface area (Å²) in [6, 6.07) is 0. The third kappa shape index (κ3) is 1.92. The molecule has 0 spiro atoms. The molecule has 4 heteroatoms. The van der Waals surface area contributed by atoms with Crippen LogP contribution in [-0.2, 0) is 0 Å². The van der Waals surface area contributed by atoms with E-state index in [9.17, 15) is 4.79 Å². The molecule has 2 unspecified atom stereocenters. The number of rotatable bonds is 2. The van der Waals surface area contributed by atoms with Crippen molar-refractivity contribution in [2.45, 2.75) is 32.6 Å². The number of fused-ring (bicyclic) bond motifs is 1. The monoisotopic (exact) mass is 243 g/mol. The minimum Gasteiger partial charge on any atom is -0.294 e. The molecule has 3 rings (SSSR count). The number of hydrogen-bond donors (Lipinski definition) is 0. The Bertz CT molecular complexity index is 575. The summed E-state index contributed by atoms with van der Waals surface area (Å²) in [5.41, 5.74) is 1.54. The van der Waals surface area contributed by atoms with Crippen LogP contribution in [0, 0.1) is 11.8 Å². The van der Waals surface area contributed by atoms with Crippen LogP contribution in [-0.4, -0.2) is 20.4 Å². The van der Waals surface area contributed by atoms with Crippen LogP contribution in [0.4, 0.5) is 0 Å². The standard InChI is InChI=1S/C14H17N3O/c1-10-3-2-4-11(7-10)14(18)12-8-16-17-6-5-15-9-13(12)17/h5-6,8-11H,2-4,7H2,1H3. The highest BCUT2D eigenvalue weighted by molar-refractivity contribution is 6.03. The molecule has 18 heavy (non-hydrogen) atoms. The van der Waals surface area contributed by atoms with E-state index in [1.807, 2.05) is 0 Å². The van der Waals surface area contributed by atoms with Crippen molar-refractivity contribution in [2.24, 2.45) is 11.8 Å². The lowest BCUT2D eigenvalue weighted by Gasteiger charge is -2.25. The predicted molar refractivity (Wildman–Crippen MR) is 68.4 cm³/mol. The van der Waals surface area contributed by atoms with Gasteiger partial charge in [-0.3, -0.25) is 9.78 Å². The maximum absolute atomic E-state index is 12.5. The SMILES string of the molecule is CC1CCCC(C(=O)c2cnn3ccncc23)C1. The van der Waals surface area contributed by atoms with Crippen molar-refractivity contribution >= 4 is 11.3 Å². The van der Waals surface area contributed by atoms with E-state index in [4.69, 9.17) is 0 Å². The molecule has 4 nitrogen and oxygen atoms in total. The van der Waals surface area contributed by atoms with Gasteiger partial charge in [0, 0.05) is 18.3 Å². The molecular formula is C14H17N3O. The highest BCUT2D eigenvalue weighted by Crippen LogP contribution is 2.31. The van der Waals surface area contributed by atoms with Crippen LogP contribution in [0.15, 0.2) is 24.8 Å². The minimum atomic E-state index is 0.168. The van der Waals surface area contributed by atoms with Crippen molar-refractivity contribution in [3.05, 3.63) is 30.4 Å². The van der Waals surface area contributed by atoms with Gasteiger partial charge in [-0.15, -0.1) is 0 Å². The first-order chi connectivity index (χ1) is 8.75. The highest BCUT2D eigenvalue weighted by atomic mass is 16.1. The summed E-state index contributed by atoms with van der Waals surface area (Å²) in [5.74, 6) is 1.07. The van der Waals surface area contributed by atoms with E-state index in [1.54, 1.807) is 29.3 Å². The van der Waals surface area contributed by atoms with Crippen LogP contribution in [0.1, 0.15) is 43.0 Å². The summed E-state index contributed by atoms with van der Waals surface area (Å²) in [7, 11) is 0. The molecule has 2 aromatic heterocycles. The van der Waals surface area contributed by atoms with E-state index in [1.165, 1.54) is 6.42 Å². The number of hydrogen-bond acceptors (Lipinski definition) is 3. The molecule has 2 aromatic rings. The number of carbonyl (C=O) groups is 1. The number of ketones is 1. The maximum Gasteiger partial charge on any atom is 0.169 e. The van der Waals surface area contributed by atoms with E-state index >= 15 is 0 Å². The highest BCUT2D eigenvalue weighted by Gasteiger charge is 2.27. The number of carbonyl (C=O) groups excluding carboxylic acids is 1. The second kappa shape index (κ2) is 4.52. The van der Waals surface area contributed by atoms with Crippen molar-refractivity contribution in [3.8, 4) is 0 Å². The van der Waals surface area contributed by atoms with E-state index in [-0.39, 0.29) is 11.7 Å². The molecule has 0 saturated heterocycles. The van der Waals surface area contributed by atoms with Crippen LogP contribution in [0.25, 0.3) is 5.52 Å². The number of aromatic nitrogens is 3. The molecule has 0 N–H and O–H groups in total. The summed E-state index contributed by atoms with van der Waals surface area (Å²) in [5, 5.41) is 4.21. The zero-order chi connectivity index (χ0) is 12.5. The number of nitrogens with zero attached hydrogens (tertiary/aromatic N) is 3. The third-order valence-electron chi connectivity index (χ3n) is 3.90. The predicted octanol–water partition coefficient (Wildman–Crippen LogP) is 2.74. The second-order valence-corrected chi connectivity index (χ2v) is 5.30. The first-order valence-electron chi connectivity index (χ1n) is 6.57. The number of Topliss-reactive ketones (excluding diaryl/α,β-unsaturated/α-hetero) is 1. The third-order valence-corrected chi connectivity index (χ3v) is 3.90. The molecule has 1 fully saturated rings. The molecule has 2 heterocycles. The second-order valence-electron chi connectivity index (χ2n) is 5.30. The lowest BCUT2D eigenvalue weighted by molar-refractivity contribution is 0.0870. The fourth-order valence-corrected chi connectivity index (χ4v) is 2.92. The molecule has 0 radical (unpaired) electrons. The Balaban J connectivity index is 1.92. The van der Waals surface area contributed by atoms with Gasteiger partial charge in [-0.25, -0.2) is 4.52 Å². The first kappa shape index (κ1) is 11.4. The largest absolute Gasteiger partial charge is 0.294 e. The van der Waals surface area contributed by atoms with Crippen molar-refractivity contribution < 1.29 is 4.79 Å². The molecule has 0 amide bonds. The van der Waals surface area contributed by atoms with Crippen molar-refractivity contribution in [1.82, 2.24) is 14.6 Å². The lowest BCUT2D eigenvalue weighted by Crippen LogP contribution is -2.21. The molecular weight excluding hydrogens is 226 g/mol. The quantitative estimate of drug-likeness (QED) is 0.762. The van der Waals surface area contributed by atoms with Crippen LogP contribution in [0.3, 0.4) is 0 Å². The van der Waals surface area contributed by atoms with Crippen LogP contribution >= 0.6 is 0 Å². The Morgan fingerprint density at radius 2 is 2.28 bits per heavy atom. The molecule has 94 valence electrons. The Morgan fingerprint density at radius 3 is 3.11 bits per heavy atom. The molecule has 2 atom stereocenters. The van der Waals surface area contributed by atoms with E-state index < -0.39 is 0 Å². The fraction of sp³-hybridized carbons (Fsp3) is 0.500. The first-order valence-corrected chi connectivity index (χ1v) is 6.57. The van der Waals surface area contributed by atoms with E-state index in [0.29, 0.717) is 5.92 Å². The lowest BCUT2D eigenvalue weighted by atomic mass is 9.79. The normalized spacial score (nSPS) is 24.3. The average molecular weight is 243 g/mol.